The van der Waals surface area contributed by atoms with E-state index in [0.29, 0.717) is 11.6 Å². The molecule has 88 valence electrons. The summed E-state index contributed by atoms with van der Waals surface area (Å²) >= 11 is 0. The van der Waals surface area contributed by atoms with E-state index in [1.165, 1.54) is 12.4 Å². The lowest BCUT2D eigenvalue weighted by Crippen LogP contribution is -2.23. The molecule has 0 bridgehead atoms. The van der Waals surface area contributed by atoms with Crippen LogP contribution in [0.5, 0.6) is 0 Å². The van der Waals surface area contributed by atoms with Crippen molar-refractivity contribution in [2.75, 3.05) is 0 Å². The Balaban J connectivity index is 1.97. The highest BCUT2D eigenvalue weighted by Crippen LogP contribution is 2.18. The maximum atomic E-state index is 11.0. The first-order valence-electron chi connectivity index (χ1n) is 5.50. The Morgan fingerprint density at radius 2 is 1.67 bits per heavy atom. The van der Waals surface area contributed by atoms with Gasteiger partial charge in [0.25, 0.3) is 0 Å². The Hall–Kier alpha value is -2.69. The van der Waals surface area contributed by atoms with E-state index in [1.807, 2.05) is 30.3 Å². The van der Waals surface area contributed by atoms with E-state index in [9.17, 15) is 5.21 Å². The fraction of sp³-hybridized carbons (Fsp3) is 0. The average molecular weight is 238 g/mol. The van der Waals surface area contributed by atoms with Crippen LogP contribution in [0.4, 0.5) is 0 Å². The second-order valence-electron chi connectivity index (χ2n) is 3.82. The number of benzene rings is 1. The molecule has 0 saturated heterocycles. The molecule has 0 saturated carbocycles. The summed E-state index contributed by atoms with van der Waals surface area (Å²) in [5.41, 5.74) is 1.78. The SMILES string of the molecule is [O-][n+]1ccc(-c2nc(-c3ccccc3)n[nH]2)cc1. The molecule has 3 rings (SSSR count). The standard InChI is InChI=1S/C13H10N4O/c18-17-8-6-11(7-9-17)13-14-12(15-16-13)10-4-2-1-3-5-10/h1-9H,(H,14,15,16). The predicted molar refractivity (Wildman–Crippen MR) is 66.2 cm³/mol. The van der Waals surface area contributed by atoms with Gasteiger partial charge in [-0.1, -0.05) is 30.3 Å². The van der Waals surface area contributed by atoms with Gasteiger partial charge in [0, 0.05) is 23.3 Å². The summed E-state index contributed by atoms with van der Waals surface area (Å²) in [7, 11) is 0. The highest BCUT2D eigenvalue weighted by molar-refractivity contribution is 5.60. The fourth-order valence-corrected chi connectivity index (χ4v) is 1.68. The van der Waals surface area contributed by atoms with Crippen molar-refractivity contribution in [2.24, 2.45) is 0 Å². The van der Waals surface area contributed by atoms with Gasteiger partial charge in [0.05, 0.1) is 0 Å². The number of rotatable bonds is 2. The lowest BCUT2D eigenvalue weighted by molar-refractivity contribution is -0.605. The number of aromatic nitrogens is 4. The van der Waals surface area contributed by atoms with Crippen LogP contribution in [0.15, 0.2) is 54.9 Å². The molecule has 3 aromatic rings. The number of H-pyrrole nitrogens is 1. The minimum atomic E-state index is 0.643. The summed E-state index contributed by atoms with van der Waals surface area (Å²) < 4.78 is 0.734. The topological polar surface area (TPSA) is 68.5 Å². The van der Waals surface area contributed by atoms with E-state index in [0.717, 1.165) is 15.9 Å². The normalized spacial score (nSPS) is 10.4. The monoisotopic (exact) mass is 238 g/mol. The second kappa shape index (κ2) is 4.29. The van der Waals surface area contributed by atoms with E-state index >= 15 is 0 Å². The molecule has 18 heavy (non-hydrogen) atoms. The molecule has 0 unspecified atom stereocenters. The van der Waals surface area contributed by atoms with Crippen molar-refractivity contribution in [1.29, 1.82) is 0 Å². The molecule has 1 N–H and O–H groups in total. The largest absolute Gasteiger partial charge is 0.619 e. The maximum absolute atomic E-state index is 11.0. The first kappa shape index (κ1) is 10.5. The van der Waals surface area contributed by atoms with Crippen LogP contribution in [-0.4, -0.2) is 15.2 Å². The molecule has 5 nitrogen and oxygen atoms in total. The van der Waals surface area contributed by atoms with Crippen LogP contribution in [0, 0.1) is 5.21 Å². The van der Waals surface area contributed by atoms with Gasteiger partial charge in [-0.3, -0.25) is 5.10 Å². The zero-order chi connectivity index (χ0) is 12.4. The van der Waals surface area contributed by atoms with E-state index < -0.39 is 0 Å². The molecule has 0 amide bonds. The zero-order valence-corrected chi connectivity index (χ0v) is 9.45. The molecular formula is C13H10N4O. The zero-order valence-electron chi connectivity index (χ0n) is 9.45. The summed E-state index contributed by atoms with van der Waals surface area (Å²) in [6, 6.07) is 13.1. The van der Waals surface area contributed by atoms with Crippen LogP contribution in [0.2, 0.25) is 0 Å². The minimum Gasteiger partial charge on any atom is -0.619 e. The van der Waals surface area contributed by atoms with Crippen molar-refractivity contribution in [2.45, 2.75) is 0 Å². The third kappa shape index (κ3) is 1.93. The van der Waals surface area contributed by atoms with Gasteiger partial charge in [0.15, 0.2) is 24.0 Å². The molecule has 2 heterocycles. The quantitative estimate of drug-likeness (QED) is 0.546. The first-order chi connectivity index (χ1) is 8.83. The van der Waals surface area contributed by atoms with Crippen molar-refractivity contribution >= 4 is 0 Å². The maximum Gasteiger partial charge on any atom is 0.181 e. The molecule has 1 aromatic carbocycles. The molecule has 5 heteroatoms. The number of hydrogen-bond donors (Lipinski definition) is 1. The summed E-state index contributed by atoms with van der Waals surface area (Å²) in [6.07, 6.45) is 2.86. The van der Waals surface area contributed by atoms with Crippen molar-refractivity contribution < 1.29 is 4.73 Å². The summed E-state index contributed by atoms with van der Waals surface area (Å²) in [5, 5.41) is 18.0. The Kier molecular flexibility index (Phi) is 2.49. The van der Waals surface area contributed by atoms with Gasteiger partial charge in [-0.05, 0) is 0 Å². The molecule has 2 aromatic heterocycles. The Labute approximate surface area is 103 Å². The summed E-state index contributed by atoms with van der Waals surface area (Å²) in [6.45, 7) is 0. The van der Waals surface area contributed by atoms with Crippen LogP contribution >= 0.6 is 0 Å². The second-order valence-corrected chi connectivity index (χ2v) is 3.82. The van der Waals surface area contributed by atoms with E-state index in [-0.39, 0.29) is 0 Å². The summed E-state index contributed by atoms with van der Waals surface area (Å²) in [5.74, 6) is 1.29. The minimum absolute atomic E-state index is 0.643. The van der Waals surface area contributed by atoms with E-state index in [1.54, 1.807) is 12.1 Å². The van der Waals surface area contributed by atoms with Crippen molar-refractivity contribution in [3.8, 4) is 22.8 Å². The van der Waals surface area contributed by atoms with E-state index in [4.69, 9.17) is 0 Å². The third-order valence-electron chi connectivity index (χ3n) is 2.59. The number of pyridine rings is 1. The molecule has 0 atom stereocenters. The average Bonchev–Trinajstić information content (AvgIpc) is 2.90. The van der Waals surface area contributed by atoms with Crippen molar-refractivity contribution in [3.05, 3.63) is 60.1 Å². The van der Waals surface area contributed by atoms with Crippen LogP contribution in [0.3, 0.4) is 0 Å². The third-order valence-corrected chi connectivity index (χ3v) is 2.59. The lowest BCUT2D eigenvalue weighted by Gasteiger charge is -1.96. The smallest absolute Gasteiger partial charge is 0.181 e. The number of nitrogens with one attached hydrogen (secondary N) is 1. The molecule has 0 fully saturated rings. The fourth-order valence-electron chi connectivity index (χ4n) is 1.68. The molecule has 0 aliphatic heterocycles. The molecular weight excluding hydrogens is 228 g/mol. The Morgan fingerprint density at radius 3 is 2.39 bits per heavy atom. The molecule has 0 spiro atoms. The highest BCUT2D eigenvalue weighted by Gasteiger charge is 2.07. The van der Waals surface area contributed by atoms with Gasteiger partial charge in [0.1, 0.15) is 0 Å². The number of nitrogens with zero attached hydrogens (tertiary/aromatic N) is 3. The van der Waals surface area contributed by atoms with Gasteiger partial charge in [-0.2, -0.15) is 9.83 Å². The van der Waals surface area contributed by atoms with E-state index in [2.05, 4.69) is 15.2 Å². The number of aromatic amines is 1. The van der Waals surface area contributed by atoms with Crippen LogP contribution < -0.4 is 4.73 Å². The first-order valence-corrected chi connectivity index (χ1v) is 5.50. The number of hydrogen-bond acceptors (Lipinski definition) is 3. The summed E-state index contributed by atoms with van der Waals surface area (Å²) in [4.78, 5) is 4.40. The van der Waals surface area contributed by atoms with Crippen LogP contribution in [0.25, 0.3) is 22.8 Å². The van der Waals surface area contributed by atoms with Crippen LogP contribution in [-0.2, 0) is 0 Å². The molecule has 0 aliphatic carbocycles. The highest BCUT2D eigenvalue weighted by atomic mass is 16.5. The van der Waals surface area contributed by atoms with Gasteiger partial charge in [0.2, 0.25) is 0 Å². The van der Waals surface area contributed by atoms with Crippen molar-refractivity contribution in [1.82, 2.24) is 15.2 Å². The Morgan fingerprint density at radius 1 is 0.944 bits per heavy atom. The van der Waals surface area contributed by atoms with Crippen LogP contribution in [0.1, 0.15) is 0 Å². The van der Waals surface area contributed by atoms with Gasteiger partial charge in [-0.15, -0.1) is 0 Å². The lowest BCUT2D eigenvalue weighted by atomic mass is 10.2. The molecule has 0 aliphatic rings. The van der Waals surface area contributed by atoms with Crippen molar-refractivity contribution in [3.63, 3.8) is 0 Å². The van der Waals surface area contributed by atoms with Gasteiger partial charge < -0.3 is 5.21 Å². The molecule has 0 radical (unpaired) electrons. The van der Waals surface area contributed by atoms with Gasteiger partial charge in [-0.25, -0.2) is 4.98 Å². The predicted octanol–water partition coefficient (Wildman–Crippen LogP) is 1.77. The Bertz CT molecular complexity index is 646. The van der Waals surface area contributed by atoms with Gasteiger partial charge >= 0.3 is 0 Å².